The van der Waals surface area contributed by atoms with Crippen LogP contribution in [0, 0.1) is 0 Å². The van der Waals surface area contributed by atoms with Crippen LogP contribution >= 0.6 is 8.58 Å². The standard InChI is InChI=1S/C13H13O2P/c1-15-11-7-3-5-9-13(11)16-12-8-4-2-6-10(12)14/h2-9,14,16H,1H3. The molecule has 0 amide bonds. The Hall–Kier alpha value is -1.53. The van der Waals surface area contributed by atoms with Crippen LogP contribution in [0.25, 0.3) is 0 Å². The molecule has 0 aromatic heterocycles. The van der Waals surface area contributed by atoms with Gasteiger partial charge in [0, 0.05) is 10.6 Å². The predicted molar refractivity (Wildman–Crippen MR) is 68.7 cm³/mol. The van der Waals surface area contributed by atoms with Gasteiger partial charge in [0.1, 0.15) is 11.5 Å². The molecule has 0 saturated carbocycles. The molecule has 2 aromatic rings. The van der Waals surface area contributed by atoms with Gasteiger partial charge in [-0.3, -0.25) is 0 Å². The van der Waals surface area contributed by atoms with Gasteiger partial charge >= 0.3 is 0 Å². The lowest BCUT2D eigenvalue weighted by Crippen LogP contribution is -2.06. The summed E-state index contributed by atoms with van der Waals surface area (Å²) in [7, 11) is 2.07. The van der Waals surface area contributed by atoms with Crippen LogP contribution in [-0.2, 0) is 0 Å². The Balaban J connectivity index is 2.30. The van der Waals surface area contributed by atoms with Gasteiger partial charge in [0.15, 0.2) is 0 Å². The van der Waals surface area contributed by atoms with Crippen molar-refractivity contribution in [3.8, 4) is 11.5 Å². The molecule has 0 aliphatic carbocycles. The van der Waals surface area contributed by atoms with Gasteiger partial charge in [-0.1, -0.05) is 45.0 Å². The van der Waals surface area contributed by atoms with Gasteiger partial charge < -0.3 is 9.84 Å². The Kier molecular flexibility index (Phi) is 3.43. The van der Waals surface area contributed by atoms with Crippen molar-refractivity contribution in [1.29, 1.82) is 0 Å². The molecule has 2 nitrogen and oxygen atoms in total. The Morgan fingerprint density at radius 1 is 0.938 bits per heavy atom. The lowest BCUT2D eigenvalue weighted by molar-refractivity contribution is 0.418. The minimum absolute atomic E-state index is 0.340. The number of ether oxygens (including phenoxy) is 1. The van der Waals surface area contributed by atoms with E-state index in [1.165, 1.54) is 0 Å². The molecule has 1 unspecified atom stereocenters. The maximum Gasteiger partial charge on any atom is 0.126 e. The fourth-order valence-corrected chi connectivity index (χ4v) is 2.64. The van der Waals surface area contributed by atoms with Gasteiger partial charge in [-0.15, -0.1) is 0 Å². The molecule has 2 aromatic carbocycles. The first kappa shape index (κ1) is 11.0. The zero-order valence-corrected chi connectivity index (χ0v) is 9.97. The second-order valence-electron chi connectivity index (χ2n) is 3.34. The average molecular weight is 232 g/mol. The summed E-state index contributed by atoms with van der Waals surface area (Å²) in [4.78, 5) is 0. The molecule has 3 heteroatoms. The second kappa shape index (κ2) is 5.00. The molecule has 0 heterocycles. The maximum absolute atomic E-state index is 9.70. The number of phenols is 1. The molecule has 0 fully saturated rings. The van der Waals surface area contributed by atoms with Crippen molar-refractivity contribution < 1.29 is 9.84 Å². The van der Waals surface area contributed by atoms with Crippen LogP contribution in [0.3, 0.4) is 0 Å². The average Bonchev–Trinajstić information content (AvgIpc) is 2.33. The zero-order valence-electron chi connectivity index (χ0n) is 8.97. The lowest BCUT2D eigenvalue weighted by atomic mass is 10.3. The quantitative estimate of drug-likeness (QED) is 0.820. The van der Waals surface area contributed by atoms with Crippen molar-refractivity contribution in [3.63, 3.8) is 0 Å². The van der Waals surface area contributed by atoms with Crippen LogP contribution in [0.1, 0.15) is 0 Å². The number of aromatic hydroxyl groups is 1. The Morgan fingerprint density at radius 3 is 2.25 bits per heavy atom. The molecule has 0 aliphatic rings. The number of phenolic OH excluding ortho intramolecular Hbond substituents is 1. The second-order valence-corrected chi connectivity index (χ2v) is 4.67. The fraction of sp³-hybridized carbons (Fsp3) is 0.0769. The molecular formula is C13H13O2P. The summed E-state index contributed by atoms with van der Waals surface area (Å²) in [5.41, 5.74) is 0. The summed E-state index contributed by atoms with van der Waals surface area (Å²) < 4.78 is 5.28. The topological polar surface area (TPSA) is 29.5 Å². The number of methoxy groups -OCH3 is 1. The summed E-state index contributed by atoms with van der Waals surface area (Å²) in [6, 6.07) is 15.3. The van der Waals surface area contributed by atoms with Crippen LogP contribution in [0.4, 0.5) is 0 Å². The first-order chi connectivity index (χ1) is 7.81. The highest BCUT2D eigenvalue weighted by molar-refractivity contribution is 7.56. The molecule has 0 radical (unpaired) electrons. The van der Waals surface area contributed by atoms with Crippen molar-refractivity contribution >= 4 is 19.2 Å². The largest absolute Gasteiger partial charge is 0.507 e. The summed E-state index contributed by atoms with van der Waals surface area (Å²) in [5.74, 6) is 1.20. The molecule has 82 valence electrons. The van der Waals surface area contributed by atoms with E-state index in [1.807, 2.05) is 42.5 Å². The highest BCUT2D eigenvalue weighted by Crippen LogP contribution is 2.22. The fourth-order valence-electron chi connectivity index (χ4n) is 1.47. The maximum atomic E-state index is 9.70. The van der Waals surface area contributed by atoms with Crippen LogP contribution in [-0.4, -0.2) is 12.2 Å². The monoisotopic (exact) mass is 232 g/mol. The third kappa shape index (κ3) is 2.34. The minimum Gasteiger partial charge on any atom is -0.507 e. The van der Waals surface area contributed by atoms with E-state index in [1.54, 1.807) is 13.2 Å². The van der Waals surface area contributed by atoms with E-state index >= 15 is 0 Å². The Bertz CT molecular complexity index is 483. The molecule has 0 bridgehead atoms. The number of hydrogen-bond acceptors (Lipinski definition) is 2. The summed E-state index contributed by atoms with van der Waals surface area (Å²) >= 11 is 0. The van der Waals surface area contributed by atoms with E-state index < -0.39 is 0 Å². The van der Waals surface area contributed by atoms with Crippen molar-refractivity contribution in [2.45, 2.75) is 0 Å². The summed E-state index contributed by atoms with van der Waals surface area (Å²) in [6.45, 7) is 0. The van der Waals surface area contributed by atoms with Gasteiger partial charge in [0.05, 0.1) is 7.11 Å². The van der Waals surface area contributed by atoms with E-state index in [9.17, 15) is 5.11 Å². The van der Waals surface area contributed by atoms with E-state index in [2.05, 4.69) is 0 Å². The highest BCUT2D eigenvalue weighted by Gasteiger charge is 2.05. The summed E-state index contributed by atoms with van der Waals surface area (Å²) in [5, 5.41) is 11.7. The van der Waals surface area contributed by atoms with Crippen LogP contribution in [0.5, 0.6) is 11.5 Å². The first-order valence-electron chi connectivity index (χ1n) is 4.99. The molecule has 2 rings (SSSR count). The molecule has 0 aliphatic heterocycles. The van der Waals surface area contributed by atoms with E-state index in [0.29, 0.717) is 14.3 Å². The smallest absolute Gasteiger partial charge is 0.126 e. The van der Waals surface area contributed by atoms with Crippen molar-refractivity contribution in [2.24, 2.45) is 0 Å². The predicted octanol–water partition coefficient (Wildman–Crippen LogP) is 2.03. The molecule has 1 atom stereocenters. The number of hydrogen-bond donors (Lipinski definition) is 1. The van der Waals surface area contributed by atoms with Gasteiger partial charge in [0.25, 0.3) is 0 Å². The van der Waals surface area contributed by atoms with Crippen molar-refractivity contribution in [1.82, 2.24) is 0 Å². The highest BCUT2D eigenvalue weighted by atomic mass is 31.1. The first-order valence-corrected chi connectivity index (χ1v) is 5.99. The number of para-hydroxylation sites is 2. The normalized spacial score (nSPS) is 10.8. The Labute approximate surface area is 96.7 Å². The van der Waals surface area contributed by atoms with Gasteiger partial charge in [-0.2, -0.15) is 0 Å². The SMILES string of the molecule is COc1ccccc1Pc1ccccc1O. The van der Waals surface area contributed by atoms with Crippen LogP contribution in [0.15, 0.2) is 48.5 Å². The van der Waals surface area contributed by atoms with Gasteiger partial charge in [-0.25, -0.2) is 0 Å². The van der Waals surface area contributed by atoms with E-state index in [0.717, 1.165) is 16.4 Å². The van der Waals surface area contributed by atoms with Gasteiger partial charge in [-0.05, 0) is 12.1 Å². The van der Waals surface area contributed by atoms with Crippen molar-refractivity contribution in [2.75, 3.05) is 7.11 Å². The zero-order chi connectivity index (χ0) is 11.4. The molecular weight excluding hydrogens is 219 g/mol. The Morgan fingerprint density at radius 2 is 1.56 bits per heavy atom. The number of rotatable bonds is 3. The van der Waals surface area contributed by atoms with Crippen LogP contribution < -0.4 is 15.3 Å². The minimum atomic E-state index is 0.340. The summed E-state index contributed by atoms with van der Waals surface area (Å²) in [6.07, 6.45) is 0. The van der Waals surface area contributed by atoms with Gasteiger partial charge in [0.2, 0.25) is 0 Å². The molecule has 0 spiro atoms. The molecule has 16 heavy (non-hydrogen) atoms. The third-order valence-electron chi connectivity index (χ3n) is 2.28. The van der Waals surface area contributed by atoms with E-state index in [-0.39, 0.29) is 0 Å². The van der Waals surface area contributed by atoms with Crippen LogP contribution in [0.2, 0.25) is 0 Å². The van der Waals surface area contributed by atoms with E-state index in [4.69, 9.17) is 4.74 Å². The molecule has 0 saturated heterocycles. The number of benzene rings is 2. The lowest BCUT2D eigenvalue weighted by Gasteiger charge is -2.09. The molecule has 1 N–H and O–H groups in total. The third-order valence-corrected chi connectivity index (χ3v) is 3.65. The van der Waals surface area contributed by atoms with Crippen molar-refractivity contribution in [3.05, 3.63) is 48.5 Å².